The minimum atomic E-state index is 0.562. The molecule has 0 aliphatic carbocycles. The topological polar surface area (TPSA) is 30.7 Å². The van der Waals surface area contributed by atoms with Crippen molar-refractivity contribution in [3.05, 3.63) is 58.6 Å². The summed E-state index contributed by atoms with van der Waals surface area (Å²) in [5, 5.41) is 0. The molecule has 0 fully saturated rings. The van der Waals surface area contributed by atoms with Crippen LogP contribution in [0.3, 0.4) is 0 Å². The molecule has 0 radical (unpaired) electrons. The second-order valence-electron chi connectivity index (χ2n) is 4.51. The number of nitrogens with zero attached hydrogens (tertiary/aromatic N) is 3. The first-order chi connectivity index (χ1) is 9.78. The molecule has 0 spiro atoms. The van der Waals surface area contributed by atoms with Crippen LogP contribution in [0.1, 0.15) is 11.5 Å². The van der Waals surface area contributed by atoms with Gasteiger partial charge in [-0.15, -0.1) is 11.6 Å². The van der Waals surface area contributed by atoms with Crippen molar-refractivity contribution in [3.63, 3.8) is 0 Å². The molecule has 0 amide bonds. The number of imidazole rings is 1. The Kier molecular flexibility index (Phi) is 4.03. The summed E-state index contributed by atoms with van der Waals surface area (Å²) in [5.74, 6) is 1.56. The summed E-state index contributed by atoms with van der Waals surface area (Å²) in [6.45, 7) is 0.708. The molecule has 2 aromatic heterocycles. The van der Waals surface area contributed by atoms with Crippen LogP contribution in [0.4, 0.5) is 0 Å². The van der Waals surface area contributed by atoms with Crippen molar-refractivity contribution >= 4 is 38.6 Å². The Morgan fingerprint density at radius 2 is 2.10 bits per heavy atom. The van der Waals surface area contributed by atoms with Crippen molar-refractivity contribution in [2.75, 3.05) is 5.88 Å². The Bertz CT molecular complexity index is 725. The largest absolute Gasteiger partial charge is 0.322 e. The number of aryl methyl sites for hydroxylation is 1. The number of benzene rings is 1. The minimum absolute atomic E-state index is 0.562. The maximum Gasteiger partial charge on any atom is 0.111 e. The molecule has 3 rings (SSSR count). The van der Waals surface area contributed by atoms with Gasteiger partial charge < -0.3 is 4.57 Å². The number of hydrogen-bond donors (Lipinski definition) is 0. The number of hydrogen-bond acceptors (Lipinski definition) is 2. The second kappa shape index (κ2) is 5.94. The predicted molar refractivity (Wildman–Crippen MR) is 85.2 cm³/mol. The molecule has 102 valence electrons. The Morgan fingerprint density at radius 1 is 1.20 bits per heavy atom. The standard InChI is InChI=1S/C15H13BrClN3/c16-11-4-5-13-14(9-11)20(15(19-13)6-7-17)10-12-3-1-2-8-18-12/h1-5,8-9H,6-7,10H2. The minimum Gasteiger partial charge on any atom is -0.322 e. The molecule has 0 atom stereocenters. The Morgan fingerprint density at radius 3 is 2.85 bits per heavy atom. The molecule has 3 aromatic rings. The third-order valence-electron chi connectivity index (χ3n) is 3.15. The SMILES string of the molecule is ClCCc1nc2ccc(Br)cc2n1Cc1ccccn1. The first-order valence-electron chi connectivity index (χ1n) is 6.38. The Labute approximate surface area is 130 Å². The van der Waals surface area contributed by atoms with Crippen molar-refractivity contribution in [1.29, 1.82) is 0 Å². The summed E-state index contributed by atoms with van der Waals surface area (Å²) >= 11 is 9.41. The zero-order chi connectivity index (χ0) is 13.9. The van der Waals surface area contributed by atoms with Crippen LogP contribution in [-0.4, -0.2) is 20.4 Å². The lowest BCUT2D eigenvalue weighted by Gasteiger charge is -2.08. The second-order valence-corrected chi connectivity index (χ2v) is 5.80. The highest BCUT2D eigenvalue weighted by molar-refractivity contribution is 9.10. The molecule has 0 bridgehead atoms. The van der Waals surface area contributed by atoms with E-state index in [-0.39, 0.29) is 0 Å². The van der Waals surface area contributed by atoms with E-state index < -0.39 is 0 Å². The van der Waals surface area contributed by atoms with E-state index in [1.165, 1.54) is 0 Å². The van der Waals surface area contributed by atoms with Gasteiger partial charge in [0.05, 0.1) is 23.3 Å². The van der Waals surface area contributed by atoms with Crippen LogP contribution < -0.4 is 0 Å². The molecule has 1 aromatic carbocycles. The fourth-order valence-electron chi connectivity index (χ4n) is 2.25. The molecule has 0 aliphatic rings. The van der Waals surface area contributed by atoms with Gasteiger partial charge >= 0.3 is 0 Å². The van der Waals surface area contributed by atoms with Gasteiger partial charge in [-0.25, -0.2) is 4.98 Å². The van der Waals surface area contributed by atoms with Crippen LogP contribution >= 0.6 is 27.5 Å². The van der Waals surface area contributed by atoms with E-state index in [0.29, 0.717) is 12.4 Å². The predicted octanol–water partition coefficient (Wildman–Crippen LogP) is 4.02. The first kappa shape index (κ1) is 13.6. The van der Waals surface area contributed by atoms with Gasteiger partial charge in [0.1, 0.15) is 5.82 Å². The average molecular weight is 351 g/mol. The molecule has 3 nitrogen and oxygen atoms in total. The summed E-state index contributed by atoms with van der Waals surface area (Å²) in [7, 11) is 0. The lowest BCUT2D eigenvalue weighted by Crippen LogP contribution is -2.07. The number of alkyl halides is 1. The molecule has 0 saturated carbocycles. The van der Waals surface area contributed by atoms with Crippen molar-refractivity contribution in [3.8, 4) is 0 Å². The van der Waals surface area contributed by atoms with Gasteiger partial charge in [0.15, 0.2) is 0 Å². The molecule has 5 heteroatoms. The summed E-state index contributed by atoms with van der Waals surface area (Å²) < 4.78 is 3.23. The van der Waals surface area contributed by atoms with Crippen molar-refractivity contribution < 1.29 is 0 Å². The van der Waals surface area contributed by atoms with Gasteiger partial charge in [0, 0.05) is 23.0 Å². The van der Waals surface area contributed by atoms with Gasteiger partial charge in [0.2, 0.25) is 0 Å². The highest BCUT2D eigenvalue weighted by Crippen LogP contribution is 2.22. The lowest BCUT2D eigenvalue weighted by atomic mass is 10.3. The molecule has 0 unspecified atom stereocenters. The van der Waals surface area contributed by atoms with E-state index in [1.54, 1.807) is 0 Å². The van der Waals surface area contributed by atoms with Gasteiger partial charge in [-0.2, -0.15) is 0 Å². The van der Waals surface area contributed by atoms with Crippen LogP contribution in [0.2, 0.25) is 0 Å². The zero-order valence-electron chi connectivity index (χ0n) is 10.8. The third kappa shape index (κ3) is 2.72. The van der Waals surface area contributed by atoms with E-state index in [1.807, 2.05) is 36.5 Å². The molecular formula is C15H13BrClN3. The quantitative estimate of drug-likeness (QED) is 0.665. The Hall–Kier alpha value is -1.39. The zero-order valence-corrected chi connectivity index (χ0v) is 13.1. The van der Waals surface area contributed by atoms with E-state index in [4.69, 9.17) is 11.6 Å². The molecular weight excluding hydrogens is 338 g/mol. The van der Waals surface area contributed by atoms with Crippen molar-refractivity contribution in [1.82, 2.24) is 14.5 Å². The Balaban J connectivity index is 2.10. The highest BCUT2D eigenvalue weighted by atomic mass is 79.9. The van der Waals surface area contributed by atoms with Gasteiger partial charge in [-0.1, -0.05) is 22.0 Å². The lowest BCUT2D eigenvalue weighted by molar-refractivity contribution is 0.738. The number of rotatable bonds is 4. The highest BCUT2D eigenvalue weighted by Gasteiger charge is 2.11. The molecule has 20 heavy (non-hydrogen) atoms. The molecule has 0 saturated heterocycles. The van der Waals surface area contributed by atoms with Crippen molar-refractivity contribution in [2.24, 2.45) is 0 Å². The fraction of sp³-hybridized carbons (Fsp3) is 0.200. The normalized spacial score (nSPS) is 11.1. The van der Waals surface area contributed by atoms with Crippen LogP contribution in [0.25, 0.3) is 11.0 Å². The smallest absolute Gasteiger partial charge is 0.111 e. The van der Waals surface area contributed by atoms with Gasteiger partial charge in [0.25, 0.3) is 0 Å². The maximum absolute atomic E-state index is 5.89. The van der Waals surface area contributed by atoms with Crippen LogP contribution in [0, 0.1) is 0 Å². The molecule has 0 N–H and O–H groups in total. The van der Waals surface area contributed by atoms with Crippen LogP contribution in [0.15, 0.2) is 47.1 Å². The molecule has 0 aliphatic heterocycles. The van der Waals surface area contributed by atoms with E-state index in [2.05, 4.69) is 36.5 Å². The van der Waals surface area contributed by atoms with E-state index in [0.717, 1.165) is 33.4 Å². The van der Waals surface area contributed by atoms with E-state index >= 15 is 0 Å². The van der Waals surface area contributed by atoms with Crippen LogP contribution in [0.5, 0.6) is 0 Å². The van der Waals surface area contributed by atoms with Gasteiger partial charge in [-0.3, -0.25) is 4.98 Å². The number of halogens is 2. The van der Waals surface area contributed by atoms with E-state index in [9.17, 15) is 0 Å². The summed E-state index contributed by atoms with van der Waals surface area (Å²) in [6, 6.07) is 12.1. The van der Waals surface area contributed by atoms with Gasteiger partial charge in [-0.05, 0) is 30.3 Å². The molecule has 2 heterocycles. The number of fused-ring (bicyclic) bond motifs is 1. The number of aromatic nitrogens is 3. The summed E-state index contributed by atoms with van der Waals surface area (Å²) in [5.41, 5.74) is 3.11. The monoisotopic (exact) mass is 349 g/mol. The first-order valence-corrected chi connectivity index (χ1v) is 7.71. The average Bonchev–Trinajstić information content (AvgIpc) is 2.78. The van der Waals surface area contributed by atoms with Crippen LogP contribution in [-0.2, 0) is 13.0 Å². The fourth-order valence-corrected chi connectivity index (χ4v) is 2.77. The van der Waals surface area contributed by atoms with Crippen molar-refractivity contribution in [2.45, 2.75) is 13.0 Å². The third-order valence-corrected chi connectivity index (χ3v) is 3.84. The summed E-state index contributed by atoms with van der Waals surface area (Å²) in [4.78, 5) is 9.06. The number of pyridine rings is 1. The maximum atomic E-state index is 5.89. The summed E-state index contributed by atoms with van der Waals surface area (Å²) in [6.07, 6.45) is 2.56.